The van der Waals surface area contributed by atoms with E-state index in [-0.39, 0.29) is 5.56 Å². The van der Waals surface area contributed by atoms with E-state index >= 15 is 0 Å². The Morgan fingerprint density at radius 3 is 2.47 bits per heavy atom. The van der Waals surface area contributed by atoms with Crippen molar-refractivity contribution in [3.8, 4) is 6.07 Å². The number of esters is 1. The van der Waals surface area contributed by atoms with Crippen LogP contribution >= 0.6 is 15.9 Å². The van der Waals surface area contributed by atoms with Crippen LogP contribution in [0.4, 0.5) is 13.2 Å². The largest absolute Gasteiger partial charge is 0.465 e. The fourth-order valence-electron chi connectivity index (χ4n) is 1.21. The fourth-order valence-corrected chi connectivity index (χ4v) is 1.95. The molecule has 0 aromatic heterocycles. The standard InChI is InChI=1S/C10H5BrF3NO2/c1-17-9(16)6-3-2-5(4-15)7(8(6)11)10(12,13)14/h2-3H,1H3. The fraction of sp³-hybridized carbons (Fsp3) is 0.200. The van der Waals surface area contributed by atoms with Gasteiger partial charge >= 0.3 is 12.1 Å². The highest BCUT2D eigenvalue weighted by Crippen LogP contribution is 2.39. The Morgan fingerprint density at radius 2 is 2.06 bits per heavy atom. The molecule has 0 saturated carbocycles. The molecule has 0 fully saturated rings. The summed E-state index contributed by atoms with van der Waals surface area (Å²) < 4.78 is 42.0. The Kier molecular flexibility index (Phi) is 3.78. The van der Waals surface area contributed by atoms with Gasteiger partial charge in [0.2, 0.25) is 0 Å². The van der Waals surface area contributed by atoms with Gasteiger partial charge in [0.25, 0.3) is 0 Å². The number of ether oxygens (including phenoxy) is 1. The molecule has 0 radical (unpaired) electrons. The van der Waals surface area contributed by atoms with Crippen LogP contribution in [0.2, 0.25) is 0 Å². The van der Waals surface area contributed by atoms with E-state index in [9.17, 15) is 18.0 Å². The molecule has 0 heterocycles. The number of benzene rings is 1. The van der Waals surface area contributed by atoms with Gasteiger partial charge in [0, 0.05) is 4.47 Å². The monoisotopic (exact) mass is 307 g/mol. The third-order valence-corrected chi connectivity index (χ3v) is 2.77. The minimum Gasteiger partial charge on any atom is -0.465 e. The van der Waals surface area contributed by atoms with Gasteiger partial charge in [-0.3, -0.25) is 0 Å². The lowest BCUT2D eigenvalue weighted by atomic mass is 10.0. The van der Waals surface area contributed by atoms with Crippen LogP contribution in [0.1, 0.15) is 21.5 Å². The van der Waals surface area contributed by atoms with Crippen LogP contribution in [-0.4, -0.2) is 13.1 Å². The molecule has 0 saturated heterocycles. The van der Waals surface area contributed by atoms with Crippen molar-refractivity contribution >= 4 is 21.9 Å². The molecule has 0 N–H and O–H groups in total. The van der Waals surface area contributed by atoms with Crippen LogP contribution in [0.25, 0.3) is 0 Å². The topological polar surface area (TPSA) is 50.1 Å². The number of rotatable bonds is 1. The van der Waals surface area contributed by atoms with E-state index in [2.05, 4.69) is 20.7 Å². The predicted octanol–water partition coefficient (Wildman–Crippen LogP) is 3.13. The number of nitriles is 1. The highest BCUT2D eigenvalue weighted by atomic mass is 79.9. The number of nitrogens with zero attached hydrogens (tertiary/aromatic N) is 1. The zero-order valence-corrected chi connectivity index (χ0v) is 10.0. The maximum atomic E-state index is 12.7. The second-order valence-corrected chi connectivity index (χ2v) is 3.74. The van der Waals surface area contributed by atoms with Crippen molar-refractivity contribution in [3.05, 3.63) is 33.3 Å². The first-order chi connectivity index (χ1) is 7.82. The van der Waals surface area contributed by atoms with Crippen molar-refractivity contribution < 1.29 is 22.7 Å². The summed E-state index contributed by atoms with van der Waals surface area (Å²) >= 11 is 2.68. The molecule has 0 aliphatic heterocycles. The summed E-state index contributed by atoms with van der Waals surface area (Å²) in [5.74, 6) is -0.910. The van der Waals surface area contributed by atoms with Crippen LogP contribution < -0.4 is 0 Å². The molecular formula is C10H5BrF3NO2. The van der Waals surface area contributed by atoms with Gasteiger partial charge in [-0.05, 0) is 28.1 Å². The predicted molar refractivity (Wildman–Crippen MR) is 55.2 cm³/mol. The summed E-state index contributed by atoms with van der Waals surface area (Å²) in [5.41, 5.74) is -2.02. The van der Waals surface area contributed by atoms with E-state index in [0.29, 0.717) is 0 Å². The quantitative estimate of drug-likeness (QED) is 0.749. The first kappa shape index (κ1) is 13.5. The van der Waals surface area contributed by atoms with E-state index in [1.807, 2.05) is 0 Å². The van der Waals surface area contributed by atoms with Gasteiger partial charge < -0.3 is 4.74 Å². The minimum absolute atomic E-state index is 0.279. The van der Waals surface area contributed by atoms with Crippen molar-refractivity contribution in [2.45, 2.75) is 6.18 Å². The highest BCUT2D eigenvalue weighted by molar-refractivity contribution is 9.10. The van der Waals surface area contributed by atoms with Crippen LogP contribution in [0.15, 0.2) is 16.6 Å². The van der Waals surface area contributed by atoms with Gasteiger partial charge in [0.1, 0.15) is 0 Å². The lowest BCUT2D eigenvalue weighted by Gasteiger charge is -2.13. The summed E-state index contributed by atoms with van der Waals surface area (Å²) in [6, 6.07) is 3.46. The molecule has 0 spiro atoms. The van der Waals surface area contributed by atoms with E-state index < -0.39 is 27.7 Å². The molecule has 1 aromatic carbocycles. The molecular weight excluding hydrogens is 303 g/mol. The zero-order valence-electron chi connectivity index (χ0n) is 8.43. The molecule has 3 nitrogen and oxygen atoms in total. The Labute approximate surface area is 103 Å². The van der Waals surface area contributed by atoms with Crippen molar-refractivity contribution in [2.75, 3.05) is 7.11 Å². The molecule has 1 aromatic rings. The average Bonchev–Trinajstić information content (AvgIpc) is 2.25. The number of hydrogen-bond donors (Lipinski definition) is 0. The molecule has 0 aliphatic rings. The molecule has 17 heavy (non-hydrogen) atoms. The van der Waals surface area contributed by atoms with Gasteiger partial charge in [-0.15, -0.1) is 0 Å². The van der Waals surface area contributed by atoms with Gasteiger partial charge in [-0.1, -0.05) is 0 Å². The summed E-state index contributed by atoms with van der Waals surface area (Å²) in [7, 11) is 1.06. The number of carbonyl (C=O) groups excluding carboxylic acids is 1. The number of methoxy groups -OCH3 is 1. The molecule has 0 bridgehead atoms. The van der Waals surface area contributed by atoms with Crippen molar-refractivity contribution in [3.63, 3.8) is 0 Å². The van der Waals surface area contributed by atoms with Crippen LogP contribution in [0.3, 0.4) is 0 Å². The summed E-state index contributed by atoms with van der Waals surface area (Å²) in [5, 5.41) is 8.61. The van der Waals surface area contributed by atoms with Crippen LogP contribution in [0, 0.1) is 11.3 Å². The molecule has 90 valence electrons. The number of hydrogen-bond acceptors (Lipinski definition) is 3. The van der Waals surface area contributed by atoms with Crippen molar-refractivity contribution in [2.24, 2.45) is 0 Å². The summed E-state index contributed by atoms with van der Waals surface area (Å²) in [6.07, 6.45) is -4.73. The maximum absolute atomic E-state index is 12.7. The number of halogens is 4. The molecule has 1 rings (SSSR count). The smallest absolute Gasteiger partial charge is 0.418 e. The molecule has 7 heteroatoms. The zero-order chi connectivity index (χ0) is 13.2. The van der Waals surface area contributed by atoms with Gasteiger partial charge in [0.15, 0.2) is 0 Å². The summed E-state index contributed by atoms with van der Waals surface area (Å²) in [4.78, 5) is 11.2. The van der Waals surface area contributed by atoms with Gasteiger partial charge in [0.05, 0.1) is 29.9 Å². The molecule has 0 amide bonds. The second-order valence-electron chi connectivity index (χ2n) is 2.95. The highest BCUT2D eigenvalue weighted by Gasteiger charge is 2.37. The van der Waals surface area contributed by atoms with Crippen LogP contribution in [-0.2, 0) is 10.9 Å². The Morgan fingerprint density at radius 1 is 1.47 bits per heavy atom. The Hall–Kier alpha value is -1.55. The van der Waals surface area contributed by atoms with Crippen LogP contribution in [0.5, 0.6) is 0 Å². The lowest BCUT2D eigenvalue weighted by Crippen LogP contribution is -2.13. The van der Waals surface area contributed by atoms with E-state index in [4.69, 9.17) is 5.26 Å². The first-order valence-electron chi connectivity index (χ1n) is 4.21. The summed E-state index contributed by atoms with van der Waals surface area (Å²) in [6.45, 7) is 0. The number of alkyl halides is 3. The molecule has 0 unspecified atom stereocenters. The van der Waals surface area contributed by atoms with E-state index in [0.717, 1.165) is 19.2 Å². The van der Waals surface area contributed by atoms with Gasteiger partial charge in [-0.25, -0.2) is 4.79 Å². The SMILES string of the molecule is COC(=O)c1ccc(C#N)c(C(F)(F)F)c1Br. The van der Waals surface area contributed by atoms with E-state index in [1.165, 1.54) is 6.07 Å². The maximum Gasteiger partial charge on any atom is 0.418 e. The van der Waals surface area contributed by atoms with E-state index in [1.54, 1.807) is 0 Å². The third-order valence-electron chi connectivity index (χ3n) is 1.95. The Bertz CT molecular complexity index is 505. The average molecular weight is 308 g/mol. The molecule has 0 aliphatic carbocycles. The normalized spacial score (nSPS) is 10.8. The van der Waals surface area contributed by atoms with Crippen molar-refractivity contribution in [1.82, 2.24) is 0 Å². The van der Waals surface area contributed by atoms with Crippen molar-refractivity contribution in [1.29, 1.82) is 5.26 Å². The second kappa shape index (κ2) is 4.75. The van der Waals surface area contributed by atoms with Gasteiger partial charge in [-0.2, -0.15) is 18.4 Å². The lowest BCUT2D eigenvalue weighted by molar-refractivity contribution is -0.138. The Balaban J connectivity index is 3.56. The minimum atomic E-state index is -4.73. The molecule has 0 atom stereocenters. The number of carbonyl (C=O) groups is 1. The third kappa shape index (κ3) is 2.58. The first-order valence-corrected chi connectivity index (χ1v) is 5.00.